The minimum atomic E-state index is -0.989. The molecule has 2 aromatic carbocycles. The highest BCUT2D eigenvalue weighted by molar-refractivity contribution is 5.86. The number of carbonyl (C=O) groups is 2. The molecule has 2 aromatic rings. The van der Waals surface area contributed by atoms with Gasteiger partial charge in [-0.1, -0.05) is 48.5 Å². The molecule has 6 heteroatoms. The van der Waals surface area contributed by atoms with Crippen molar-refractivity contribution in [1.82, 2.24) is 9.80 Å². The molecule has 5 rings (SSSR count). The van der Waals surface area contributed by atoms with Crippen molar-refractivity contribution in [2.24, 2.45) is 5.92 Å². The molecule has 2 amide bonds. The van der Waals surface area contributed by atoms with E-state index in [9.17, 15) is 14.7 Å². The lowest BCUT2D eigenvalue weighted by atomic mass is 9.80. The van der Waals surface area contributed by atoms with Gasteiger partial charge in [0.2, 0.25) is 5.91 Å². The van der Waals surface area contributed by atoms with Crippen LogP contribution in [0.4, 0.5) is 10.5 Å². The number of nitrogens with zero attached hydrogens (tertiary/aromatic N) is 2. The second kappa shape index (κ2) is 7.67. The van der Waals surface area contributed by atoms with E-state index in [1.54, 1.807) is 0 Å². The Balaban J connectivity index is 1.51. The average molecular weight is 405 g/mol. The van der Waals surface area contributed by atoms with Gasteiger partial charge < -0.3 is 15.3 Å². The van der Waals surface area contributed by atoms with Crippen molar-refractivity contribution in [1.29, 1.82) is 0 Å². The van der Waals surface area contributed by atoms with Crippen LogP contribution in [0, 0.1) is 5.92 Å². The number of hydrogen-bond acceptors (Lipinski definition) is 3. The van der Waals surface area contributed by atoms with Gasteiger partial charge in [-0.3, -0.25) is 9.69 Å². The predicted octanol–water partition coefficient (Wildman–Crippen LogP) is 4.28. The summed E-state index contributed by atoms with van der Waals surface area (Å²) in [6, 6.07) is 18.2. The maximum Gasteiger partial charge on any atom is 0.407 e. The smallest absolute Gasteiger partial charge is 0.407 e. The number of carboxylic acid groups (broad SMARTS) is 1. The first-order valence-corrected chi connectivity index (χ1v) is 10.9. The van der Waals surface area contributed by atoms with Crippen molar-refractivity contribution < 1.29 is 14.7 Å². The number of nitrogens with one attached hydrogen (secondary N) is 1. The fraction of sp³-hybridized carbons (Fsp3) is 0.417. The van der Waals surface area contributed by atoms with Gasteiger partial charge in [-0.05, 0) is 42.9 Å². The van der Waals surface area contributed by atoms with Crippen LogP contribution in [0.3, 0.4) is 0 Å². The summed E-state index contributed by atoms with van der Waals surface area (Å²) in [4.78, 5) is 28.7. The Bertz CT molecular complexity index is 948. The summed E-state index contributed by atoms with van der Waals surface area (Å²) in [5, 5.41) is 13.3. The molecule has 30 heavy (non-hydrogen) atoms. The van der Waals surface area contributed by atoms with Gasteiger partial charge in [0.25, 0.3) is 0 Å². The average Bonchev–Trinajstić information content (AvgIpc) is 3.24. The summed E-state index contributed by atoms with van der Waals surface area (Å²) in [6.45, 7) is 1.11. The summed E-state index contributed by atoms with van der Waals surface area (Å²) >= 11 is 0. The third-order valence-electron chi connectivity index (χ3n) is 6.94. The monoisotopic (exact) mass is 405 g/mol. The molecule has 0 radical (unpaired) electrons. The molecule has 4 atom stereocenters. The second-order valence-electron chi connectivity index (χ2n) is 8.54. The summed E-state index contributed by atoms with van der Waals surface area (Å²) in [6.07, 6.45) is 2.24. The van der Waals surface area contributed by atoms with Crippen molar-refractivity contribution in [3.05, 3.63) is 65.7 Å². The van der Waals surface area contributed by atoms with Crippen molar-refractivity contribution in [2.45, 2.75) is 43.8 Å². The number of amides is 2. The van der Waals surface area contributed by atoms with Crippen LogP contribution in [0.15, 0.2) is 54.6 Å². The van der Waals surface area contributed by atoms with Crippen molar-refractivity contribution in [3.8, 4) is 0 Å². The lowest BCUT2D eigenvalue weighted by Gasteiger charge is -2.42. The lowest BCUT2D eigenvalue weighted by molar-refractivity contribution is -0.139. The molecule has 6 nitrogen and oxygen atoms in total. The molecule has 0 saturated carbocycles. The number of benzene rings is 2. The first-order chi connectivity index (χ1) is 14.6. The van der Waals surface area contributed by atoms with E-state index in [0.29, 0.717) is 19.5 Å². The summed E-state index contributed by atoms with van der Waals surface area (Å²) < 4.78 is 0. The third kappa shape index (κ3) is 3.11. The van der Waals surface area contributed by atoms with Gasteiger partial charge in [0, 0.05) is 24.7 Å². The van der Waals surface area contributed by atoms with Gasteiger partial charge >= 0.3 is 6.09 Å². The van der Waals surface area contributed by atoms with E-state index in [4.69, 9.17) is 0 Å². The summed E-state index contributed by atoms with van der Waals surface area (Å²) in [5.74, 6) is 0.223. The molecule has 3 aliphatic rings. The fourth-order valence-corrected chi connectivity index (χ4v) is 5.57. The number of rotatable bonds is 2. The van der Waals surface area contributed by atoms with Crippen LogP contribution in [0.5, 0.6) is 0 Å². The normalized spacial score (nSPS) is 27.7. The number of carbonyl (C=O) groups excluding carboxylic acids is 1. The van der Waals surface area contributed by atoms with Crippen LogP contribution in [-0.2, 0) is 4.79 Å². The molecular formula is C24H27N3O3. The highest BCUT2D eigenvalue weighted by Crippen LogP contribution is 2.51. The van der Waals surface area contributed by atoms with E-state index >= 15 is 0 Å². The largest absolute Gasteiger partial charge is 0.465 e. The molecule has 2 fully saturated rings. The van der Waals surface area contributed by atoms with Crippen LogP contribution in [-0.4, -0.2) is 46.0 Å². The van der Waals surface area contributed by atoms with Gasteiger partial charge in [-0.15, -0.1) is 0 Å². The Morgan fingerprint density at radius 2 is 1.67 bits per heavy atom. The Hall–Kier alpha value is -3.02. The van der Waals surface area contributed by atoms with E-state index < -0.39 is 12.1 Å². The molecule has 3 heterocycles. The number of likely N-dealkylation sites (tertiary alicyclic amines) is 2. The summed E-state index contributed by atoms with van der Waals surface area (Å²) in [7, 11) is 0. The third-order valence-corrected chi connectivity index (χ3v) is 6.94. The van der Waals surface area contributed by atoms with Gasteiger partial charge in [0.1, 0.15) is 6.04 Å². The van der Waals surface area contributed by atoms with E-state index in [1.165, 1.54) is 10.5 Å². The topological polar surface area (TPSA) is 72.9 Å². The Labute approximate surface area is 176 Å². The Morgan fingerprint density at radius 1 is 0.900 bits per heavy atom. The summed E-state index contributed by atoms with van der Waals surface area (Å²) in [5.41, 5.74) is 3.42. The Kier molecular flexibility index (Phi) is 4.85. The number of para-hydroxylation sites is 1. The Morgan fingerprint density at radius 3 is 2.47 bits per heavy atom. The predicted molar refractivity (Wildman–Crippen MR) is 114 cm³/mol. The van der Waals surface area contributed by atoms with E-state index in [0.717, 1.165) is 30.5 Å². The highest BCUT2D eigenvalue weighted by atomic mass is 16.4. The van der Waals surface area contributed by atoms with Crippen molar-refractivity contribution in [3.63, 3.8) is 0 Å². The van der Waals surface area contributed by atoms with Crippen LogP contribution < -0.4 is 5.32 Å². The van der Waals surface area contributed by atoms with Crippen LogP contribution in [0.2, 0.25) is 0 Å². The minimum Gasteiger partial charge on any atom is -0.465 e. The molecule has 0 bridgehead atoms. The molecule has 0 spiro atoms. The fourth-order valence-electron chi connectivity index (χ4n) is 5.57. The maximum atomic E-state index is 13.6. The molecule has 3 aliphatic heterocycles. The minimum absolute atomic E-state index is 0.0299. The first-order valence-electron chi connectivity index (χ1n) is 10.9. The van der Waals surface area contributed by atoms with Crippen molar-refractivity contribution >= 4 is 17.7 Å². The van der Waals surface area contributed by atoms with E-state index in [2.05, 4.69) is 41.7 Å². The zero-order valence-electron chi connectivity index (χ0n) is 16.9. The first kappa shape index (κ1) is 19.0. The number of fused-ring (bicyclic) bond motifs is 3. The standard InChI is InChI=1S/C24H27N3O3/c28-23(20-12-6-7-14-26(20)24(29)30)27-15-13-18-21(16-8-2-1-3-9-16)25-19-11-5-4-10-17(19)22(18)27/h1-5,8-11,18,20-22,25H,6-7,12-15H2,(H,29,30)/t18-,20+,21-,22-/m0/s1. The van der Waals surface area contributed by atoms with E-state index in [1.807, 2.05) is 23.1 Å². The molecule has 0 unspecified atom stereocenters. The zero-order valence-corrected chi connectivity index (χ0v) is 16.9. The van der Waals surface area contributed by atoms with Gasteiger partial charge in [0.05, 0.1) is 12.1 Å². The van der Waals surface area contributed by atoms with Crippen LogP contribution in [0.25, 0.3) is 0 Å². The van der Waals surface area contributed by atoms with Gasteiger partial charge in [-0.25, -0.2) is 4.79 Å². The molecule has 2 saturated heterocycles. The van der Waals surface area contributed by atoms with Gasteiger partial charge in [-0.2, -0.15) is 0 Å². The molecule has 0 aromatic heterocycles. The van der Waals surface area contributed by atoms with Gasteiger partial charge in [0.15, 0.2) is 0 Å². The lowest BCUT2D eigenvalue weighted by Crippen LogP contribution is -2.53. The quantitative estimate of drug-likeness (QED) is 0.782. The van der Waals surface area contributed by atoms with Crippen LogP contribution in [0.1, 0.15) is 48.9 Å². The highest BCUT2D eigenvalue weighted by Gasteiger charge is 2.48. The molecule has 156 valence electrons. The zero-order chi connectivity index (χ0) is 20.7. The second-order valence-corrected chi connectivity index (χ2v) is 8.54. The SMILES string of the molecule is O=C(O)N1CCCC[C@@H]1C(=O)N1CC[C@H]2[C@H](c3ccccc3)Nc3ccccc3[C@@H]21. The molecular weight excluding hydrogens is 378 g/mol. The van der Waals surface area contributed by atoms with E-state index in [-0.39, 0.29) is 23.9 Å². The van der Waals surface area contributed by atoms with Crippen LogP contribution >= 0.6 is 0 Å². The maximum absolute atomic E-state index is 13.6. The molecule has 2 N–H and O–H groups in total. The van der Waals surface area contributed by atoms with Crippen molar-refractivity contribution in [2.75, 3.05) is 18.4 Å². The number of hydrogen-bond donors (Lipinski definition) is 2. The number of anilines is 1. The molecule has 0 aliphatic carbocycles. The number of piperidine rings is 1.